The number of nitrogens with one attached hydrogen (secondary N) is 4. The molecule has 30 heteroatoms. The van der Waals surface area contributed by atoms with E-state index >= 15 is 0 Å². The average Bonchev–Trinajstić information content (AvgIpc) is 1.63. The van der Waals surface area contributed by atoms with Crippen LogP contribution in [0.4, 0.5) is 42.3 Å². The van der Waals surface area contributed by atoms with E-state index in [4.69, 9.17) is 37.6 Å². The van der Waals surface area contributed by atoms with Crippen molar-refractivity contribution in [1.82, 2.24) is 40.3 Å². The molecule has 4 spiro atoms. The highest BCUT2D eigenvalue weighted by Crippen LogP contribution is 2.55. The van der Waals surface area contributed by atoms with Crippen LogP contribution in [0, 0.1) is 21.7 Å². The number of nitrogens with zero attached hydrogens (tertiary/aromatic N) is 4. The number of aliphatic hydroxyl groups excluding tert-OH is 1. The van der Waals surface area contributed by atoms with E-state index in [0.29, 0.717) is 104 Å². The summed E-state index contributed by atoms with van der Waals surface area (Å²) in [5.74, 6) is -2.69. The molecule has 8 aliphatic rings. The van der Waals surface area contributed by atoms with E-state index in [-0.39, 0.29) is 80.7 Å². The summed E-state index contributed by atoms with van der Waals surface area (Å²) in [4.78, 5) is 105. The number of hydrogen-bond donors (Lipinski definition) is 5. The molecule has 642 valence electrons. The molecule has 0 radical (unpaired) electrons. The molecule has 111 heavy (non-hydrogen) atoms. The van der Waals surface area contributed by atoms with Crippen LogP contribution in [-0.4, -0.2) is 224 Å². The van der Waals surface area contributed by atoms with Gasteiger partial charge >= 0.3 is 42.7 Å². The molecule has 8 fully saturated rings. The second-order valence-corrected chi connectivity index (χ2v) is 48.9. The van der Waals surface area contributed by atoms with Crippen LogP contribution in [0.1, 0.15) is 290 Å². The molecule has 8 rings (SSSR count). The predicted octanol–water partition coefficient (Wildman–Crippen LogP) is 16.2. The van der Waals surface area contributed by atoms with Gasteiger partial charge in [0, 0.05) is 114 Å². The number of halogens is 2. The first-order chi connectivity index (χ1) is 50.0. The number of hydrogen-bond acceptors (Lipinski definition) is 18. The largest absolute Gasteiger partial charge is 0.444 e. The molecule has 4 aliphatic heterocycles. The molecule has 0 aromatic heterocycles. The van der Waals surface area contributed by atoms with Crippen molar-refractivity contribution < 1.29 is 94.0 Å². The molecule has 7 unspecified atom stereocenters. The van der Waals surface area contributed by atoms with Gasteiger partial charge in [-0.3, -0.25) is 4.79 Å². The van der Waals surface area contributed by atoms with E-state index in [1.165, 1.54) is 0 Å². The first-order valence-electron chi connectivity index (χ1n) is 40.3. The Morgan fingerprint density at radius 2 is 0.730 bits per heavy atom. The third-order valence-corrected chi connectivity index (χ3v) is 28.3. The van der Waals surface area contributed by atoms with Crippen LogP contribution in [0.15, 0.2) is 0 Å². The standard InChI is InChI=1S/C24H48N2O4SSi.C19H32F2N2O4.C19H34N2O5.C19H32N2O5/c1-21(2,3)29-20(27)26-14-12-24(13-15-26)17-18(30-32(10,11)23(7,8)9)16-19(24)25-31(28)22(4,5)6;1-16(2,3)26-14(24)22-13-11-19(20,21)12-18(13)7-9-23(10-8-18)15(25)27-17(4,5)6;2*1-17(2,3)25-15(23)20-14-11-13(22)12-19(14)7-9-21(10-8-19)16(24)26-18(4,5)6/h18-19,25H,12-17H2,1-11H3;13H,7-12H2,1-6H3,(H,22,24);13-14,22H,7-12H2,1-6H3,(H,20,23);14H,7-12H2,1-6H3,(H,20,23). The maximum Gasteiger partial charge on any atom is 0.410 e. The highest BCUT2D eigenvalue weighted by Gasteiger charge is 2.59. The van der Waals surface area contributed by atoms with Crippen LogP contribution in [0.2, 0.25) is 18.1 Å². The summed E-state index contributed by atoms with van der Waals surface area (Å²) in [6.45, 7) is 59.8. The molecule has 7 atom stereocenters. The Hall–Kier alpha value is -5.33. The van der Waals surface area contributed by atoms with Gasteiger partial charge in [0.1, 0.15) is 45.0 Å². The van der Waals surface area contributed by atoms with Gasteiger partial charge in [0.05, 0.1) is 21.8 Å². The van der Waals surface area contributed by atoms with Gasteiger partial charge in [0.2, 0.25) is 0 Å². The molecule has 5 N–H and O–H groups in total. The molecular formula is C81H146F2N8O18SSi. The Morgan fingerprint density at radius 3 is 1.05 bits per heavy atom. The van der Waals surface area contributed by atoms with Crippen LogP contribution in [0.3, 0.4) is 0 Å². The third kappa shape index (κ3) is 30.0. The van der Waals surface area contributed by atoms with E-state index in [2.05, 4.69) is 54.5 Å². The first-order valence-corrected chi connectivity index (χ1v) is 44.4. The number of alkyl halides is 2. The lowest BCUT2D eigenvalue weighted by Crippen LogP contribution is -2.52. The zero-order chi connectivity index (χ0) is 84.9. The van der Waals surface area contributed by atoms with E-state index in [1.807, 2.05) is 130 Å². The van der Waals surface area contributed by atoms with Crippen molar-refractivity contribution in [3.05, 3.63) is 0 Å². The molecule has 26 nitrogen and oxygen atoms in total. The summed E-state index contributed by atoms with van der Waals surface area (Å²) in [6.07, 6.45) is 5.18. The number of piperidine rings is 4. The third-order valence-electron chi connectivity index (χ3n) is 22.1. The van der Waals surface area contributed by atoms with Gasteiger partial charge in [0.15, 0.2) is 8.32 Å². The number of ether oxygens (including phenoxy) is 7. The maximum absolute atomic E-state index is 14.2. The van der Waals surface area contributed by atoms with Crippen LogP contribution in [-0.2, 0) is 53.4 Å². The maximum atomic E-state index is 14.2. The molecular weight excluding hydrogens is 1470 g/mol. The molecule has 4 saturated carbocycles. The Balaban J connectivity index is 0.000000266. The van der Waals surface area contributed by atoms with Crippen molar-refractivity contribution in [2.24, 2.45) is 21.7 Å². The molecule has 4 saturated heterocycles. The number of carbonyl (C=O) groups excluding carboxylic acids is 8. The minimum atomic E-state index is -2.84. The molecule has 7 amide bonds. The monoisotopic (exact) mass is 1620 g/mol. The van der Waals surface area contributed by atoms with E-state index in [1.54, 1.807) is 56.2 Å². The SMILES string of the molecule is CC(C)(C)OC(=O)N1CCC2(CC1)CC(O[Si](C)(C)C(C)(C)C)CC2NS(=O)C(C)(C)C.CC(C)(C)OC(=O)NC1CC(=O)CC12CCN(C(=O)OC(C)(C)C)CC2.CC(C)(C)OC(=O)NC1CC(F)(F)CC12CCN(C(=O)OC(C)(C)C)CC2.CC(C)(C)OC(=O)NC1CC(O)CC12CCN(C(=O)OC(C)(C)C)CC2. The fraction of sp³-hybridized carbons (Fsp3) is 0.901. The van der Waals surface area contributed by atoms with Gasteiger partial charge in [0.25, 0.3) is 5.92 Å². The summed E-state index contributed by atoms with van der Waals surface area (Å²) in [5, 5.41) is 18.8. The normalized spacial score (nSPS) is 24.9. The van der Waals surface area contributed by atoms with Crippen LogP contribution in [0.5, 0.6) is 0 Å². The number of likely N-dealkylation sites (tertiary alicyclic amines) is 4. The van der Waals surface area contributed by atoms with Crippen molar-refractivity contribution in [2.45, 2.75) is 394 Å². The molecule has 0 aromatic rings. The molecule has 4 heterocycles. The van der Waals surface area contributed by atoms with Crippen molar-refractivity contribution in [1.29, 1.82) is 0 Å². The van der Waals surface area contributed by atoms with E-state index in [9.17, 15) is 56.5 Å². The fourth-order valence-corrected chi connectivity index (χ4v) is 18.1. The minimum Gasteiger partial charge on any atom is -0.444 e. The fourth-order valence-electron chi connectivity index (χ4n) is 15.8. The van der Waals surface area contributed by atoms with Crippen molar-refractivity contribution >= 4 is 67.7 Å². The Kier molecular flexibility index (Phi) is 30.9. The van der Waals surface area contributed by atoms with Gasteiger partial charge in [-0.1, -0.05) is 20.8 Å². The van der Waals surface area contributed by atoms with E-state index in [0.717, 1.165) is 38.5 Å². The van der Waals surface area contributed by atoms with Gasteiger partial charge in [-0.2, -0.15) is 0 Å². The second-order valence-electron chi connectivity index (χ2n) is 42.2. The van der Waals surface area contributed by atoms with E-state index < -0.39 is 113 Å². The first kappa shape index (κ1) is 96.3. The number of ketones is 1. The van der Waals surface area contributed by atoms with Crippen molar-refractivity contribution in [2.75, 3.05) is 52.4 Å². The number of rotatable bonds is 7. The number of alkyl carbamates (subject to hydrolysis) is 3. The molecule has 0 aromatic carbocycles. The lowest BCUT2D eigenvalue weighted by molar-refractivity contribution is -0.118. The van der Waals surface area contributed by atoms with Gasteiger partial charge in [-0.05, 0) is 278 Å². The van der Waals surface area contributed by atoms with Crippen LogP contribution < -0.4 is 20.7 Å². The Bertz CT molecular complexity index is 3210. The number of aliphatic hydroxyl groups is 1. The number of Topliss-reactive ketones (excluding diaryl/α,β-unsaturated/α-hetero) is 1. The highest BCUT2D eigenvalue weighted by atomic mass is 32.2. The van der Waals surface area contributed by atoms with Crippen molar-refractivity contribution in [3.8, 4) is 0 Å². The summed E-state index contributed by atoms with van der Waals surface area (Å²) >= 11 is 0. The smallest absolute Gasteiger partial charge is 0.410 e. The quantitative estimate of drug-likeness (QED) is 0.117. The van der Waals surface area contributed by atoms with Crippen LogP contribution in [0.25, 0.3) is 0 Å². The Labute approximate surface area is 666 Å². The molecule has 0 bridgehead atoms. The minimum absolute atomic E-state index is 0.00749. The second kappa shape index (κ2) is 35.6. The summed E-state index contributed by atoms with van der Waals surface area (Å²) in [5.41, 5.74) is -5.23. The topological polar surface area (TPSA) is 309 Å². The van der Waals surface area contributed by atoms with Crippen molar-refractivity contribution in [3.63, 3.8) is 0 Å². The van der Waals surface area contributed by atoms with Crippen LogP contribution >= 0.6 is 0 Å². The van der Waals surface area contributed by atoms with Gasteiger partial charge < -0.3 is 78.2 Å². The zero-order valence-corrected chi connectivity index (χ0v) is 75.1. The Morgan fingerprint density at radius 1 is 0.423 bits per heavy atom. The predicted molar refractivity (Wildman–Crippen MR) is 427 cm³/mol. The number of carbonyl (C=O) groups is 8. The summed E-state index contributed by atoms with van der Waals surface area (Å²) in [7, 11) is -3.04. The summed E-state index contributed by atoms with van der Waals surface area (Å²) in [6, 6.07) is -0.944. The average molecular weight is 1620 g/mol. The highest BCUT2D eigenvalue weighted by molar-refractivity contribution is 7.84. The molecule has 4 aliphatic carbocycles. The zero-order valence-electron chi connectivity index (χ0n) is 73.3. The van der Waals surface area contributed by atoms with Gasteiger partial charge in [-0.15, -0.1) is 0 Å². The summed E-state index contributed by atoms with van der Waals surface area (Å²) < 4.78 is 89.2. The number of amides is 7. The van der Waals surface area contributed by atoms with Gasteiger partial charge in [-0.25, -0.2) is 51.3 Å². The lowest BCUT2D eigenvalue weighted by atomic mass is 9.74. The lowest BCUT2D eigenvalue weighted by Gasteiger charge is -2.44.